The summed E-state index contributed by atoms with van der Waals surface area (Å²) in [6.07, 6.45) is 0. The van der Waals surface area contributed by atoms with Crippen molar-refractivity contribution in [2.24, 2.45) is 0 Å². The SMILES string of the molecule is Cc1cc(Br)ccc1-n1[nH]c(=O)cc1C. The number of rotatable bonds is 1. The van der Waals surface area contributed by atoms with E-state index in [4.69, 9.17) is 0 Å². The topological polar surface area (TPSA) is 37.8 Å². The predicted molar refractivity (Wildman–Crippen MR) is 63.6 cm³/mol. The van der Waals surface area contributed by atoms with Gasteiger partial charge in [-0.05, 0) is 37.6 Å². The fraction of sp³-hybridized carbons (Fsp3) is 0.182. The van der Waals surface area contributed by atoms with Gasteiger partial charge in [-0.2, -0.15) is 0 Å². The Morgan fingerprint density at radius 3 is 2.53 bits per heavy atom. The molecule has 0 radical (unpaired) electrons. The smallest absolute Gasteiger partial charge is 0.264 e. The third-order valence-electron chi connectivity index (χ3n) is 2.31. The van der Waals surface area contributed by atoms with Crippen LogP contribution in [-0.4, -0.2) is 9.78 Å². The van der Waals surface area contributed by atoms with E-state index in [0.29, 0.717) is 0 Å². The Labute approximate surface area is 95.9 Å². The minimum atomic E-state index is -0.0742. The molecule has 78 valence electrons. The van der Waals surface area contributed by atoms with Crippen LogP contribution in [0, 0.1) is 13.8 Å². The van der Waals surface area contributed by atoms with E-state index in [1.807, 2.05) is 32.0 Å². The van der Waals surface area contributed by atoms with Crippen LogP contribution in [-0.2, 0) is 0 Å². The summed E-state index contributed by atoms with van der Waals surface area (Å²) in [5, 5.41) is 2.77. The zero-order valence-electron chi connectivity index (χ0n) is 8.54. The van der Waals surface area contributed by atoms with Crippen LogP contribution in [0.5, 0.6) is 0 Å². The first kappa shape index (κ1) is 10.2. The van der Waals surface area contributed by atoms with E-state index < -0.39 is 0 Å². The van der Waals surface area contributed by atoms with Crippen LogP contribution in [0.2, 0.25) is 0 Å². The van der Waals surface area contributed by atoms with Gasteiger partial charge in [0.1, 0.15) is 0 Å². The highest BCUT2D eigenvalue weighted by Gasteiger charge is 2.05. The fourth-order valence-electron chi connectivity index (χ4n) is 1.60. The summed E-state index contributed by atoms with van der Waals surface area (Å²) < 4.78 is 2.83. The lowest BCUT2D eigenvalue weighted by Gasteiger charge is -2.08. The highest BCUT2D eigenvalue weighted by molar-refractivity contribution is 9.10. The van der Waals surface area contributed by atoms with Gasteiger partial charge in [0.05, 0.1) is 5.69 Å². The highest BCUT2D eigenvalue weighted by atomic mass is 79.9. The summed E-state index contributed by atoms with van der Waals surface area (Å²) in [6, 6.07) is 7.54. The molecule has 3 nitrogen and oxygen atoms in total. The molecule has 0 fully saturated rings. The number of nitrogens with one attached hydrogen (secondary N) is 1. The lowest BCUT2D eigenvalue weighted by molar-refractivity contribution is 0.828. The standard InChI is InChI=1S/C11H11BrN2O/c1-7-5-9(12)3-4-10(7)14-8(2)6-11(15)13-14/h3-6H,1-2H3,(H,13,15). The van der Waals surface area contributed by atoms with E-state index >= 15 is 0 Å². The third-order valence-corrected chi connectivity index (χ3v) is 2.81. The van der Waals surface area contributed by atoms with Gasteiger partial charge in [-0.3, -0.25) is 14.6 Å². The first-order chi connectivity index (χ1) is 7.08. The Bertz CT molecular complexity index is 554. The van der Waals surface area contributed by atoms with Gasteiger partial charge < -0.3 is 0 Å². The van der Waals surface area contributed by atoms with Crippen LogP contribution in [0.25, 0.3) is 5.69 Å². The maximum atomic E-state index is 11.2. The van der Waals surface area contributed by atoms with Gasteiger partial charge in [-0.25, -0.2) is 0 Å². The molecule has 0 aliphatic carbocycles. The van der Waals surface area contributed by atoms with E-state index in [2.05, 4.69) is 21.0 Å². The zero-order chi connectivity index (χ0) is 11.0. The average Bonchev–Trinajstić information content (AvgIpc) is 2.45. The monoisotopic (exact) mass is 266 g/mol. The van der Waals surface area contributed by atoms with E-state index in [1.54, 1.807) is 10.7 Å². The molecule has 2 rings (SSSR count). The van der Waals surface area contributed by atoms with Gasteiger partial charge in [-0.1, -0.05) is 15.9 Å². The molecule has 1 N–H and O–H groups in total. The predicted octanol–water partition coefficient (Wildman–Crippen LogP) is 2.54. The Hall–Kier alpha value is -1.29. The van der Waals surface area contributed by atoms with Crippen molar-refractivity contribution in [3.63, 3.8) is 0 Å². The van der Waals surface area contributed by atoms with Crippen molar-refractivity contribution in [1.29, 1.82) is 0 Å². The van der Waals surface area contributed by atoms with Crippen LogP contribution in [0.3, 0.4) is 0 Å². The summed E-state index contributed by atoms with van der Waals surface area (Å²) in [6.45, 7) is 3.91. The number of H-pyrrole nitrogens is 1. The summed E-state index contributed by atoms with van der Waals surface area (Å²) in [5.41, 5.74) is 2.94. The number of halogens is 1. The number of aromatic amines is 1. The second-order valence-corrected chi connectivity index (χ2v) is 4.44. The second kappa shape index (κ2) is 3.70. The maximum absolute atomic E-state index is 11.2. The molecule has 0 unspecified atom stereocenters. The largest absolute Gasteiger partial charge is 0.268 e. The van der Waals surface area contributed by atoms with Crippen molar-refractivity contribution >= 4 is 15.9 Å². The number of aryl methyl sites for hydroxylation is 2. The summed E-state index contributed by atoms with van der Waals surface area (Å²) >= 11 is 3.41. The quantitative estimate of drug-likeness (QED) is 0.847. The Kier molecular flexibility index (Phi) is 2.52. The van der Waals surface area contributed by atoms with Crippen molar-refractivity contribution < 1.29 is 0 Å². The van der Waals surface area contributed by atoms with Gasteiger partial charge in [0.25, 0.3) is 5.56 Å². The molecule has 0 amide bonds. The van der Waals surface area contributed by atoms with Gasteiger partial charge in [-0.15, -0.1) is 0 Å². The van der Waals surface area contributed by atoms with Crippen LogP contribution >= 0.6 is 15.9 Å². The minimum absolute atomic E-state index is 0.0742. The first-order valence-electron chi connectivity index (χ1n) is 4.63. The van der Waals surface area contributed by atoms with Gasteiger partial charge in [0, 0.05) is 16.2 Å². The highest BCUT2D eigenvalue weighted by Crippen LogP contribution is 2.19. The fourth-order valence-corrected chi connectivity index (χ4v) is 2.08. The maximum Gasteiger partial charge on any atom is 0.264 e. The molecule has 0 spiro atoms. The third kappa shape index (κ3) is 1.90. The molecule has 0 aliphatic rings. The molecule has 1 aromatic carbocycles. The minimum Gasteiger partial charge on any atom is -0.268 e. The normalized spacial score (nSPS) is 10.6. The van der Waals surface area contributed by atoms with Crippen molar-refractivity contribution in [3.05, 3.63) is 50.3 Å². The molecule has 15 heavy (non-hydrogen) atoms. The van der Waals surface area contributed by atoms with E-state index in [-0.39, 0.29) is 5.56 Å². The van der Waals surface area contributed by atoms with Crippen LogP contribution in [0.4, 0.5) is 0 Å². The summed E-state index contributed by atoms with van der Waals surface area (Å²) in [4.78, 5) is 11.2. The molecular weight excluding hydrogens is 256 g/mol. The Morgan fingerprint density at radius 1 is 1.27 bits per heavy atom. The van der Waals surface area contributed by atoms with E-state index in [1.165, 1.54) is 0 Å². The van der Waals surface area contributed by atoms with E-state index in [0.717, 1.165) is 21.4 Å². The molecule has 0 atom stereocenters. The molecule has 0 saturated heterocycles. The molecule has 1 heterocycles. The number of hydrogen-bond donors (Lipinski definition) is 1. The molecule has 2 aromatic rings. The van der Waals surface area contributed by atoms with Crippen molar-refractivity contribution in [3.8, 4) is 5.69 Å². The lowest BCUT2D eigenvalue weighted by atomic mass is 10.2. The number of benzene rings is 1. The van der Waals surface area contributed by atoms with Crippen LogP contribution < -0.4 is 5.56 Å². The average molecular weight is 267 g/mol. The molecule has 4 heteroatoms. The first-order valence-corrected chi connectivity index (χ1v) is 5.42. The van der Waals surface area contributed by atoms with Gasteiger partial charge in [0.15, 0.2) is 0 Å². The van der Waals surface area contributed by atoms with Crippen molar-refractivity contribution in [1.82, 2.24) is 9.78 Å². The molecule has 0 aliphatic heterocycles. The van der Waals surface area contributed by atoms with E-state index in [9.17, 15) is 4.79 Å². The molecule has 0 bridgehead atoms. The lowest BCUT2D eigenvalue weighted by Crippen LogP contribution is -2.05. The number of nitrogens with zero attached hydrogens (tertiary/aromatic N) is 1. The number of hydrogen-bond acceptors (Lipinski definition) is 1. The molecule has 0 saturated carbocycles. The summed E-state index contributed by atoms with van der Waals surface area (Å²) in [5.74, 6) is 0. The van der Waals surface area contributed by atoms with Crippen molar-refractivity contribution in [2.75, 3.05) is 0 Å². The zero-order valence-corrected chi connectivity index (χ0v) is 10.1. The Morgan fingerprint density at radius 2 is 2.00 bits per heavy atom. The Balaban J connectivity index is 2.64. The second-order valence-electron chi connectivity index (χ2n) is 3.53. The molecule has 1 aromatic heterocycles. The van der Waals surface area contributed by atoms with Crippen molar-refractivity contribution in [2.45, 2.75) is 13.8 Å². The van der Waals surface area contributed by atoms with Crippen LogP contribution in [0.1, 0.15) is 11.3 Å². The van der Waals surface area contributed by atoms with Gasteiger partial charge in [0.2, 0.25) is 0 Å². The number of aromatic nitrogens is 2. The van der Waals surface area contributed by atoms with Gasteiger partial charge >= 0.3 is 0 Å². The van der Waals surface area contributed by atoms with Crippen LogP contribution in [0.15, 0.2) is 33.5 Å². The molecular formula is C11H11BrN2O. The summed E-state index contributed by atoms with van der Waals surface area (Å²) in [7, 11) is 0.